The fourth-order valence-corrected chi connectivity index (χ4v) is 2.47. The van der Waals surface area contributed by atoms with Gasteiger partial charge in [-0.3, -0.25) is 0 Å². The van der Waals surface area contributed by atoms with Crippen molar-refractivity contribution < 1.29 is 5.11 Å². The summed E-state index contributed by atoms with van der Waals surface area (Å²) in [4.78, 5) is 0. The molecule has 0 heterocycles. The van der Waals surface area contributed by atoms with Crippen LogP contribution in [0.1, 0.15) is 52.9 Å². The van der Waals surface area contributed by atoms with E-state index in [1.807, 2.05) is 0 Å². The van der Waals surface area contributed by atoms with Crippen LogP contribution >= 0.6 is 0 Å². The van der Waals surface area contributed by atoms with E-state index in [1.165, 1.54) is 25.7 Å². The Balaban J connectivity index is 2.37. The number of aliphatic hydroxyl groups excluding tert-OH is 1. The number of rotatable bonds is 4. The number of nitrogens with one attached hydrogen (secondary N) is 1. The van der Waals surface area contributed by atoms with Gasteiger partial charge in [0, 0.05) is 12.1 Å². The van der Waals surface area contributed by atoms with Crippen LogP contribution in [0.5, 0.6) is 0 Å². The van der Waals surface area contributed by atoms with Gasteiger partial charge >= 0.3 is 0 Å². The molecule has 14 heavy (non-hydrogen) atoms. The van der Waals surface area contributed by atoms with E-state index >= 15 is 0 Å². The van der Waals surface area contributed by atoms with Crippen LogP contribution in [0.15, 0.2) is 0 Å². The molecule has 0 aromatic rings. The van der Waals surface area contributed by atoms with Crippen molar-refractivity contribution in [2.45, 2.75) is 65.0 Å². The summed E-state index contributed by atoms with van der Waals surface area (Å²) < 4.78 is 0. The van der Waals surface area contributed by atoms with Crippen molar-refractivity contribution in [2.75, 3.05) is 6.61 Å². The van der Waals surface area contributed by atoms with E-state index in [0.29, 0.717) is 17.5 Å². The Hall–Kier alpha value is -0.0800. The van der Waals surface area contributed by atoms with Gasteiger partial charge in [0.2, 0.25) is 0 Å². The van der Waals surface area contributed by atoms with Crippen LogP contribution < -0.4 is 5.32 Å². The van der Waals surface area contributed by atoms with E-state index in [2.05, 4.69) is 26.1 Å². The molecule has 0 aliphatic heterocycles. The molecule has 1 rings (SSSR count). The van der Waals surface area contributed by atoms with E-state index < -0.39 is 0 Å². The zero-order valence-corrected chi connectivity index (χ0v) is 9.84. The quantitative estimate of drug-likeness (QED) is 0.728. The average Bonchev–Trinajstić information content (AvgIpc) is 2.12. The largest absolute Gasteiger partial charge is 0.395 e. The first-order valence-corrected chi connectivity index (χ1v) is 5.94. The van der Waals surface area contributed by atoms with Crippen molar-refractivity contribution in [1.29, 1.82) is 0 Å². The summed E-state index contributed by atoms with van der Waals surface area (Å²) in [6.07, 6.45) is 6.23. The van der Waals surface area contributed by atoms with Crippen LogP contribution in [-0.4, -0.2) is 23.8 Å². The minimum absolute atomic E-state index is 0.271. The van der Waals surface area contributed by atoms with Gasteiger partial charge in [-0.15, -0.1) is 0 Å². The summed E-state index contributed by atoms with van der Waals surface area (Å²) in [5.74, 6) is 0. The van der Waals surface area contributed by atoms with E-state index in [-0.39, 0.29) is 6.61 Å². The third kappa shape index (κ3) is 3.58. The van der Waals surface area contributed by atoms with Crippen LogP contribution in [0, 0.1) is 5.41 Å². The average molecular weight is 199 g/mol. The molecule has 0 bridgehead atoms. The Labute approximate surface area is 88.1 Å². The molecule has 1 saturated carbocycles. The van der Waals surface area contributed by atoms with E-state index in [0.717, 1.165) is 6.42 Å². The van der Waals surface area contributed by atoms with Crippen molar-refractivity contribution >= 4 is 0 Å². The molecule has 84 valence electrons. The first-order chi connectivity index (χ1) is 6.57. The fraction of sp³-hybridized carbons (Fsp3) is 1.00. The van der Waals surface area contributed by atoms with Crippen molar-refractivity contribution in [3.05, 3.63) is 0 Å². The lowest BCUT2D eigenvalue weighted by Crippen LogP contribution is -2.44. The van der Waals surface area contributed by atoms with E-state index in [4.69, 9.17) is 5.11 Å². The Morgan fingerprint density at radius 1 is 1.50 bits per heavy atom. The van der Waals surface area contributed by atoms with Gasteiger partial charge in [0.05, 0.1) is 6.61 Å². The van der Waals surface area contributed by atoms with Crippen LogP contribution in [-0.2, 0) is 0 Å². The zero-order chi connectivity index (χ0) is 10.6. The van der Waals surface area contributed by atoms with Crippen molar-refractivity contribution in [2.24, 2.45) is 5.41 Å². The van der Waals surface area contributed by atoms with Gasteiger partial charge in [0.15, 0.2) is 0 Å². The molecule has 2 nitrogen and oxygen atoms in total. The molecule has 0 spiro atoms. The molecule has 2 heteroatoms. The van der Waals surface area contributed by atoms with Gasteiger partial charge in [0.25, 0.3) is 0 Å². The summed E-state index contributed by atoms with van der Waals surface area (Å²) >= 11 is 0. The molecule has 2 N–H and O–H groups in total. The highest BCUT2D eigenvalue weighted by Gasteiger charge is 2.28. The number of hydrogen-bond donors (Lipinski definition) is 2. The first-order valence-electron chi connectivity index (χ1n) is 5.94. The third-order valence-electron chi connectivity index (χ3n) is 3.39. The maximum absolute atomic E-state index is 9.12. The standard InChI is InChI=1S/C12H25NO/c1-4-10(9-14)13-11-6-5-7-12(2,3)8-11/h10-11,13-14H,4-9H2,1-3H3/t10-,11+/m0/s1. The summed E-state index contributed by atoms with van der Waals surface area (Å²) in [6, 6.07) is 0.921. The molecule has 0 amide bonds. The Morgan fingerprint density at radius 2 is 2.21 bits per heavy atom. The molecule has 0 unspecified atom stereocenters. The lowest BCUT2D eigenvalue weighted by atomic mass is 9.75. The lowest BCUT2D eigenvalue weighted by molar-refractivity contribution is 0.164. The maximum Gasteiger partial charge on any atom is 0.0584 e. The minimum Gasteiger partial charge on any atom is -0.395 e. The highest BCUT2D eigenvalue weighted by Crippen LogP contribution is 2.35. The molecule has 2 atom stereocenters. The molecular weight excluding hydrogens is 174 g/mol. The molecule has 0 saturated heterocycles. The van der Waals surface area contributed by atoms with Crippen LogP contribution in [0.25, 0.3) is 0 Å². The van der Waals surface area contributed by atoms with Crippen LogP contribution in [0.2, 0.25) is 0 Å². The zero-order valence-electron chi connectivity index (χ0n) is 9.84. The summed E-state index contributed by atoms with van der Waals surface area (Å²) in [5.41, 5.74) is 0.490. The van der Waals surface area contributed by atoms with E-state index in [1.54, 1.807) is 0 Å². The van der Waals surface area contributed by atoms with Crippen LogP contribution in [0.3, 0.4) is 0 Å². The normalized spacial score (nSPS) is 28.7. The molecule has 0 radical (unpaired) electrons. The second kappa shape index (κ2) is 5.13. The fourth-order valence-electron chi connectivity index (χ4n) is 2.47. The highest BCUT2D eigenvalue weighted by molar-refractivity contribution is 4.85. The lowest BCUT2D eigenvalue weighted by Gasteiger charge is -2.37. The summed E-state index contributed by atoms with van der Waals surface area (Å²) in [7, 11) is 0. The monoisotopic (exact) mass is 199 g/mol. The molecule has 1 aliphatic rings. The van der Waals surface area contributed by atoms with Gasteiger partial charge in [-0.05, 0) is 31.1 Å². The smallest absolute Gasteiger partial charge is 0.0584 e. The van der Waals surface area contributed by atoms with Crippen molar-refractivity contribution in [3.63, 3.8) is 0 Å². The number of hydrogen-bond acceptors (Lipinski definition) is 2. The highest BCUT2D eigenvalue weighted by atomic mass is 16.3. The Bertz CT molecular complexity index is 164. The predicted molar refractivity (Wildman–Crippen MR) is 60.3 cm³/mol. The topological polar surface area (TPSA) is 32.3 Å². The SMILES string of the molecule is CC[C@@H](CO)N[C@@H]1CCCC(C)(C)C1. The minimum atomic E-state index is 0.271. The Kier molecular flexibility index (Phi) is 4.39. The van der Waals surface area contributed by atoms with Gasteiger partial charge in [-0.25, -0.2) is 0 Å². The van der Waals surface area contributed by atoms with Gasteiger partial charge in [-0.1, -0.05) is 27.2 Å². The van der Waals surface area contributed by atoms with Crippen molar-refractivity contribution in [3.8, 4) is 0 Å². The second-order valence-electron chi connectivity index (χ2n) is 5.41. The Morgan fingerprint density at radius 3 is 2.71 bits per heavy atom. The van der Waals surface area contributed by atoms with Gasteiger partial charge in [0.1, 0.15) is 0 Å². The molecular formula is C12H25NO. The summed E-state index contributed by atoms with van der Waals surface area (Å²) in [5, 5.41) is 12.7. The van der Waals surface area contributed by atoms with Crippen LogP contribution in [0.4, 0.5) is 0 Å². The summed E-state index contributed by atoms with van der Waals surface area (Å²) in [6.45, 7) is 7.09. The molecule has 1 fully saturated rings. The molecule has 0 aromatic heterocycles. The maximum atomic E-state index is 9.12. The number of aliphatic hydroxyl groups is 1. The molecule has 0 aromatic carbocycles. The second-order valence-corrected chi connectivity index (χ2v) is 5.41. The first kappa shape index (κ1) is 12.0. The van der Waals surface area contributed by atoms with Crippen molar-refractivity contribution in [1.82, 2.24) is 5.32 Å². The third-order valence-corrected chi connectivity index (χ3v) is 3.39. The van der Waals surface area contributed by atoms with Gasteiger partial charge < -0.3 is 10.4 Å². The predicted octanol–water partition coefficient (Wildman–Crippen LogP) is 2.32. The van der Waals surface area contributed by atoms with Gasteiger partial charge in [-0.2, -0.15) is 0 Å². The molecule has 1 aliphatic carbocycles. The van der Waals surface area contributed by atoms with E-state index in [9.17, 15) is 0 Å².